The number of hydrogen-bond donors (Lipinski definition) is 1. The number of benzene rings is 2. The Bertz CT molecular complexity index is 1080. The molecule has 2 heterocycles. The highest BCUT2D eigenvalue weighted by atomic mass is 16.5. The van der Waals surface area contributed by atoms with E-state index in [1.807, 2.05) is 55.5 Å². The first-order valence-electron chi connectivity index (χ1n) is 10.5. The molecule has 1 N–H and O–H groups in total. The zero-order valence-electron chi connectivity index (χ0n) is 17.5. The van der Waals surface area contributed by atoms with Crippen LogP contribution in [0.1, 0.15) is 34.3 Å². The molecule has 3 aromatic rings. The lowest BCUT2D eigenvalue weighted by Crippen LogP contribution is -2.32. The molecule has 31 heavy (non-hydrogen) atoms. The molecule has 0 saturated carbocycles. The van der Waals surface area contributed by atoms with Crippen LogP contribution in [0.5, 0.6) is 11.6 Å². The van der Waals surface area contributed by atoms with E-state index in [4.69, 9.17) is 4.74 Å². The van der Waals surface area contributed by atoms with Crippen molar-refractivity contribution in [2.75, 3.05) is 18.0 Å². The van der Waals surface area contributed by atoms with Gasteiger partial charge in [0.05, 0.1) is 5.69 Å². The number of ether oxygens (including phenoxy) is 1. The molecule has 4 rings (SSSR count). The number of aryl methyl sites for hydroxylation is 1. The SMILES string of the molecule is Cc1ccc2c(c1)N(CCCC(=O)NCCc1ccccc1)C(=O)c1cccnc1O2. The summed E-state index contributed by atoms with van der Waals surface area (Å²) in [7, 11) is 0. The van der Waals surface area contributed by atoms with Gasteiger partial charge in [0.15, 0.2) is 5.75 Å². The Balaban J connectivity index is 1.39. The Morgan fingerprint density at radius 3 is 2.77 bits per heavy atom. The highest BCUT2D eigenvalue weighted by molar-refractivity contribution is 6.09. The van der Waals surface area contributed by atoms with Gasteiger partial charge in [0.25, 0.3) is 5.91 Å². The normalized spacial score (nSPS) is 12.4. The number of nitrogens with zero attached hydrogens (tertiary/aromatic N) is 2. The number of nitrogens with one attached hydrogen (secondary N) is 1. The molecule has 0 radical (unpaired) electrons. The van der Waals surface area contributed by atoms with Crippen molar-refractivity contribution in [3.8, 4) is 11.6 Å². The Kier molecular flexibility index (Phi) is 6.26. The number of aromatic nitrogens is 1. The lowest BCUT2D eigenvalue weighted by Gasteiger charge is -2.22. The smallest absolute Gasteiger partial charge is 0.263 e. The standard InChI is InChI=1S/C25H25N3O3/c1-18-11-12-22-21(17-18)28(25(30)20-9-5-14-27-24(20)31-22)16-6-10-23(29)26-15-13-19-7-3-2-4-8-19/h2-5,7-9,11-12,14,17H,6,10,13,15-16H2,1H3,(H,26,29). The maximum Gasteiger partial charge on any atom is 0.263 e. The van der Waals surface area contributed by atoms with E-state index in [9.17, 15) is 9.59 Å². The van der Waals surface area contributed by atoms with Gasteiger partial charge in [-0.25, -0.2) is 4.98 Å². The van der Waals surface area contributed by atoms with E-state index in [-0.39, 0.29) is 11.8 Å². The van der Waals surface area contributed by atoms with Crippen molar-refractivity contribution in [1.82, 2.24) is 10.3 Å². The lowest BCUT2D eigenvalue weighted by molar-refractivity contribution is -0.121. The maximum atomic E-state index is 13.2. The molecule has 0 fully saturated rings. The second-order valence-corrected chi connectivity index (χ2v) is 7.58. The Morgan fingerprint density at radius 2 is 1.94 bits per heavy atom. The molecule has 2 aromatic carbocycles. The highest BCUT2D eigenvalue weighted by Crippen LogP contribution is 2.38. The zero-order chi connectivity index (χ0) is 21.6. The monoisotopic (exact) mass is 415 g/mol. The molecule has 0 bridgehead atoms. The summed E-state index contributed by atoms with van der Waals surface area (Å²) in [4.78, 5) is 31.4. The molecule has 1 aromatic heterocycles. The van der Waals surface area contributed by atoms with Crippen molar-refractivity contribution in [1.29, 1.82) is 0 Å². The minimum Gasteiger partial charge on any atom is -0.436 e. The quantitative estimate of drug-likeness (QED) is 0.625. The first-order valence-corrected chi connectivity index (χ1v) is 10.5. The second kappa shape index (κ2) is 9.43. The first kappa shape index (κ1) is 20.6. The van der Waals surface area contributed by atoms with Crippen molar-refractivity contribution >= 4 is 17.5 Å². The summed E-state index contributed by atoms with van der Waals surface area (Å²) < 4.78 is 5.93. The third-order valence-corrected chi connectivity index (χ3v) is 5.22. The molecular weight excluding hydrogens is 390 g/mol. The number of pyridine rings is 1. The van der Waals surface area contributed by atoms with Gasteiger partial charge in [-0.2, -0.15) is 0 Å². The van der Waals surface area contributed by atoms with E-state index in [2.05, 4.69) is 10.3 Å². The summed E-state index contributed by atoms with van der Waals surface area (Å²) in [6, 6.07) is 19.2. The van der Waals surface area contributed by atoms with E-state index < -0.39 is 0 Å². The van der Waals surface area contributed by atoms with Crippen LogP contribution >= 0.6 is 0 Å². The minimum absolute atomic E-state index is 0.0130. The molecule has 1 aliphatic rings. The lowest BCUT2D eigenvalue weighted by atomic mass is 10.1. The fourth-order valence-electron chi connectivity index (χ4n) is 3.62. The number of fused-ring (bicyclic) bond motifs is 2. The Labute approximate surface area is 181 Å². The van der Waals surface area contributed by atoms with Crippen molar-refractivity contribution in [2.24, 2.45) is 0 Å². The summed E-state index contributed by atoms with van der Waals surface area (Å²) in [6.07, 6.45) is 3.30. The van der Waals surface area contributed by atoms with Crippen LogP contribution in [0.4, 0.5) is 5.69 Å². The predicted octanol–water partition coefficient (Wildman–Crippen LogP) is 4.28. The Hall–Kier alpha value is -3.67. The fourth-order valence-corrected chi connectivity index (χ4v) is 3.62. The summed E-state index contributed by atoms with van der Waals surface area (Å²) >= 11 is 0. The molecule has 6 heteroatoms. The van der Waals surface area contributed by atoms with Gasteiger partial charge in [-0.05, 0) is 55.2 Å². The summed E-state index contributed by atoms with van der Waals surface area (Å²) in [5.74, 6) is 0.709. The van der Waals surface area contributed by atoms with Gasteiger partial charge in [0.1, 0.15) is 5.56 Å². The molecule has 1 aliphatic heterocycles. The fraction of sp³-hybridized carbons (Fsp3) is 0.240. The van der Waals surface area contributed by atoms with Gasteiger partial charge in [-0.15, -0.1) is 0 Å². The van der Waals surface area contributed by atoms with Gasteiger partial charge in [-0.3, -0.25) is 9.59 Å². The zero-order valence-corrected chi connectivity index (χ0v) is 17.5. The van der Waals surface area contributed by atoms with Crippen LogP contribution in [-0.2, 0) is 11.2 Å². The average Bonchev–Trinajstić information content (AvgIpc) is 2.89. The van der Waals surface area contributed by atoms with Gasteiger partial charge < -0.3 is 15.0 Å². The number of carbonyl (C=O) groups is 2. The van der Waals surface area contributed by atoms with Crippen molar-refractivity contribution in [2.45, 2.75) is 26.2 Å². The minimum atomic E-state index is -0.170. The highest BCUT2D eigenvalue weighted by Gasteiger charge is 2.28. The summed E-state index contributed by atoms with van der Waals surface area (Å²) in [6.45, 7) is 2.99. The topological polar surface area (TPSA) is 71.5 Å². The molecule has 0 spiro atoms. The van der Waals surface area contributed by atoms with Crippen LogP contribution in [0.3, 0.4) is 0 Å². The van der Waals surface area contributed by atoms with Crippen LogP contribution in [0, 0.1) is 6.92 Å². The average molecular weight is 415 g/mol. The second-order valence-electron chi connectivity index (χ2n) is 7.58. The molecule has 158 valence electrons. The largest absolute Gasteiger partial charge is 0.436 e. The summed E-state index contributed by atoms with van der Waals surface area (Å²) in [5.41, 5.74) is 3.34. The van der Waals surface area contributed by atoms with E-state index in [0.29, 0.717) is 48.8 Å². The third kappa shape index (κ3) is 4.91. The number of carbonyl (C=O) groups excluding carboxylic acids is 2. The van der Waals surface area contributed by atoms with Gasteiger partial charge in [0, 0.05) is 25.7 Å². The van der Waals surface area contributed by atoms with Crippen molar-refractivity contribution < 1.29 is 14.3 Å². The maximum absolute atomic E-state index is 13.2. The van der Waals surface area contributed by atoms with E-state index >= 15 is 0 Å². The van der Waals surface area contributed by atoms with Crippen LogP contribution < -0.4 is 15.0 Å². The van der Waals surface area contributed by atoms with Gasteiger partial charge in [-0.1, -0.05) is 36.4 Å². The van der Waals surface area contributed by atoms with Crippen LogP contribution in [0.2, 0.25) is 0 Å². The number of rotatable bonds is 7. The van der Waals surface area contributed by atoms with E-state index in [1.54, 1.807) is 23.2 Å². The number of anilines is 1. The molecule has 0 aliphatic carbocycles. The third-order valence-electron chi connectivity index (χ3n) is 5.22. The van der Waals surface area contributed by atoms with Crippen LogP contribution in [-0.4, -0.2) is 29.9 Å². The Morgan fingerprint density at radius 1 is 1.10 bits per heavy atom. The van der Waals surface area contributed by atoms with Gasteiger partial charge >= 0.3 is 0 Å². The van der Waals surface area contributed by atoms with Crippen molar-refractivity contribution in [3.05, 3.63) is 83.6 Å². The summed E-state index contributed by atoms with van der Waals surface area (Å²) in [5, 5.41) is 2.96. The number of amides is 2. The van der Waals surface area contributed by atoms with Gasteiger partial charge in [0.2, 0.25) is 11.8 Å². The number of hydrogen-bond acceptors (Lipinski definition) is 4. The van der Waals surface area contributed by atoms with E-state index in [1.165, 1.54) is 5.56 Å². The molecular formula is C25H25N3O3. The van der Waals surface area contributed by atoms with Crippen LogP contribution in [0.15, 0.2) is 66.9 Å². The molecule has 0 saturated heterocycles. The first-order chi connectivity index (χ1) is 15.1. The predicted molar refractivity (Wildman–Crippen MR) is 120 cm³/mol. The molecule has 6 nitrogen and oxygen atoms in total. The van der Waals surface area contributed by atoms with E-state index in [0.717, 1.165) is 12.0 Å². The molecule has 2 amide bonds. The van der Waals surface area contributed by atoms with Crippen LogP contribution in [0.25, 0.3) is 0 Å². The molecule has 0 unspecified atom stereocenters. The van der Waals surface area contributed by atoms with Crippen molar-refractivity contribution in [3.63, 3.8) is 0 Å². The molecule has 0 atom stereocenters.